The van der Waals surface area contributed by atoms with Crippen molar-refractivity contribution < 1.29 is 32.5 Å². The molecule has 4 nitrogen and oxygen atoms in total. The standard InChI is InChI=1S/C12H13F3O4/c1-8-9(11(16)17)3-2-4-10(8)19-6-5-18-7-12(13,14)15/h2-4H,5-7H2,1H3,(H,16,17). The van der Waals surface area contributed by atoms with Crippen molar-refractivity contribution in [2.24, 2.45) is 0 Å². The number of carbonyl (C=O) groups is 1. The maximum Gasteiger partial charge on any atom is 0.411 e. The van der Waals surface area contributed by atoms with Crippen molar-refractivity contribution in [2.75, 3.05) is 19.8 Å². The Balaban J connectivity index is 2.46. The molecule has 0 atom stereocenters. The van der Waals surface area contributed by atoms with Crippen LogP contribution >= 0.6 is 0 Å². The molecule has 0 saturated heterocycles. The lowest BCUT2D eigenvalue weighted by molar-refractivity contribution is -0.175. The van der Waals surface area contributed by atoms with Crippen LogP contribution in [0.5, 0.6) is 5.75 Å². The maximum atomic E-state index is 11.8. The Hall–Kier alpha value is -1.76. The molecule has 0 aliphatic heterocycles. The molecule has 0 fully saturated rings. The van der Waals surface area contributed by atoms with E-state index < -0.39 is 18.8 Å². The molecule has 0 aromatic heterocycles. The molecule has 1 N–H and O–H groups in total. The van der Waals surface area contributed by atoms with Gasteiger partial charge in [-0.1, -0.05) is 6.07 Å². The molecule has 0 bridgehead atoms. The predicted molar refractivity (Wildman–Crippen MR) is 60.5 cm³/mol. The maximum absolute atomic E-state index is 11.8. The fraction of sp³-hybridized carbons (Fsp3) is 0.417. The molecule has 0 amide bonds. The molecule has 7 heteroatoms. The fourth-order valence-corrected chi connectivity index (χ4v) is 1.40. The number of aromatic carboxylic acids is 1. The second-order valence-electron chi connectivity index (χ2n) is 3.75. The topological polar surface area (TPSA) is 55.8 Å². The van der Waals surface area contributed by atoms with Crippen LogP contribution in [0.25, 0.3) is 0 Å². The molecule has 0 aliphatic rings. The van der Waals surface area contributed by atoms with E-state index in [1.54, 1.807) is 13.0 Å². The van der Waals surface area contributed by atoms with Crippen LogP contribution in [0, 0.1) is 6.92 Å². The first kappa shape index (κ1) is 15.3. The van der Waals surface area contributed by atoms with Gasteiger partial charge in [-0.25, -0.2) is 4.79 Å². The molecule has 1 aromatic rings. The van der Waals surface area contributed by atoms with E-state index in [-0.39, 0.29) is 18.8 Å². The van der Waals surface area contributed by atoms with Crippen LogP contribution in [0.2, 0.25) is 0 Å². The average molecular weight is 278 g/mol. The van der Waals surface area contributed by atoms with Crippen LogP contribution in [0.3, 0.4) is 0 Å². The van der Waals surface area contributed by atoms with E-state index in [9.17, 15) is 18.0 Å². The van der Waals surface area contributed by atoms with Gasteiger partial charge in [0.2, 0.25) is 0 Å². The zero-order chi connectivity index (χ0) is 14.5. The number of hydrogen-bond acceptors (Lipinski definition) is 3. The van der Waals surface area contributed by atoms with E-state index in [0.717, 1.165) is 0 Å². The quantitative estimate of drug-likeness (QED) is 0.813. The van der Waals surface area contributed by atoms with Gasteiger partial charge in [0.05, 0.1) is 12.2 Å². The van der Waals surface area contributed by atoms with Crippen molar-refractivity contribution in [2.45, 2.75) is 13.1 Å². The van der Waals surface area contributed by atoms with Crippen molar-refractivity contribution in [1.29, 1.82) is 0 Å². The van der Waals surface area contributed by atoms with Gasteiger partial charge in [-0.05, 0) is 19.1 Å². The van der Waals surface area contributed by atoms with Crippen LogP contribution in [-0.2, 0) is 4.74 Å². The molecular formula is C12H13F3O4. The summed E-state index contributed by atoms with van der Waals surface area (Å²) in [6.45, 7) is -0.0733. The summed E-state index contributed by atoms with van der Waals surface area (Å²) in [6.07, 6.45) is -4.36. The number of carboxylic acid groups (broad SMARTS) is 1. The van der Waals surface area contributed by atoms with E-state index in [1.807, 2.05) is 0 Å². The molecule has 0 unspecified atom stereocenters. The third-order valence-corrected chi connectivity index (χ3v) is 2.27. The van der Waals surface area contributed by atoms with Gasteiger partial charge < -0.3 is 14.6 Å². The second kappa shape index (κ2) is 6.42. The molecule has 1 rings (SSSR count). The van der Waals surface area contributed by atoms with Crippen LogP contribution in [0.1, 0.15) is 15.9 Å². The van der Waals surface area contributed by atoms with Gasteiger partial charge in [0.15, 0.2) is 0 Å². The molecule has 0 aliphatic carbocycles. The van der Waals surface area contributed by atoms with E-state index >= 15 is 0 Å². The molecule has 19 heavy (non-hydrogen) atoms. The molecule has 0 heterocycles. The summed E-state index contributed by atoms with van der Waals surface area (Å²) >= 11 is 0. The zero-order valence-electron chi connectivity index (χ0n) is 10.2. The Morgan fingerprint density at radius 2 is 2.00 bits per heavy atom. The van der Waals surface area contributed by atoms with Gasteiger partial charge in [-0.2, -0.15) is 13.2 Å². The number of hydrogen-bond donors (Lipinski definition) is 1. The van der Waals surface area contributed by atoms with Gasteiger partial charge >= 0.3 is 12.1 Å². The average Bonchev–Trinajstić information content (AvgIpc) is 2.28. The number of ether oxygens (including phenoxy) is 2. The first-order valence-corrected chi connectivity index (χ1v) is 5.41. The van der Waals surface area contributed by atoms with E-state index in [1.165, 1.54) is 12.1 Å². The second-order valence-corrected chi connectivity index (χ2v) is 3.75. The van der Waals surface area contributed by atoms with Crippen molar-refractivity contribution >= 4 is 5.97 Å². The number of benzene rings is 1. The van der Waals surface area contributed by atoms with Crippen molar-refractivity contribution in [3.05, 3.63) is 29.3 Å². The third kappa shape index (κ3) is 5.17. The van der Waals surface area contributed by atoms with Crippen molar-refractivity contribution in [3.8, 4) is 5.75 Å². The highest BCUT2D eigenvalue weighted by molar-refractivity contribution is 5.90. The summed E-state index contributed by atoms with van der Waals surface area (Å²) in [5.41, 5.74) is 0.513. The zero-order valence-corrected chi connectivity index (χ0v) is 10.2. The summed E-state index contributed by atoms with van der Waals surface area (Å²) in [5.74, 6) is -0.771. The Morgan fingerprint density at radius 3 is 2.58 bits per heavy atom. The number of halogens is 3. The third-order valence-electron chi connectivity index (χ3n) is 2.27. The summed E-state index contributed by atoms with van der Waals surface area (Å²) in [4.78, 5) is 10.9. The first-order chi connectivity index (χ1) is 8.81. The largest absolute Gasteiger partial charge is 0.491 e. The lowest BCUT2D eigenvalue weighted by Crippen LogP contribution is -2.19. The minimum Gasteiger partial charge on any atom is -0.491 e. The fourth-order valence-electron chi connectivity index (χ4n) is 1.40. The first-order valence-electron chi connectivity index (χ1n) is 5.41. The highest BCUT2D eigenvalue weighted by Gasteiger charge is 2.27. The van der Waals surface area contributed by atoms with Crippen molar-refractivity contribution in [1.82, 2.24) is 0 Å². The number of alkyl halides is 3. The Bertz CT molecular complexity index is 443. The lowest BCUT2D eigenvalue weighted by Gasteiger charge is -2.11. The Morgan fingerprint density at radius 1 is 1.32 bits per heavy atom. The van der Waals surface area contributed by atoms with Crippen LogP contribution < -0.4 is 4.74 Å². The van der Waals surface area contributed by atoms with Gasteiger partial charge in [0, 0.05) is 5.56 Å². The lowest BCUT2D eigenvalue weighted by atomic mass is 10.1. The predicted octanol–water partition coefficient (Wildman–Crippen LogP) is 2.65. The molecule has 106 valence electrons. The molecule has 0 radical (unpaired) electrons. The minimum atomic E-state index is -4.36. The molecule has 0 spiro atoms. The van der Waals surface area contributed by atoms with Gasteiger partial charge in [-0.3, -0.25) is 0 Å². The highest BCUT2D eigenvalue weighted by Crippen LogP contribution is 2.21. The normalized spacial score (nSPS) is 11.4. The molecular weight excluding hydrogens is 265 g/mol. The number of carboxylic acids is 1. The summed E-state index contributed by atoms with van der Waals surface area (Å²) < 4.78 is 44.9. The van der Waals surface area contributed by atoms with E-state index in [2.05, 4.69) is 4.74 Å². The van der Waals surface area contributed by atoms with Crippen LogP contribution in [0.4, 0.5) is 13.2 Å². The Labute approximate surface area is 107 Å². The Kier molecular flexibility index (Phi) is 5.17. The monoisotopic (exact) mass is 278 g/mol. The van der Waals surface area contributed by atoms with Gasteiger partial charge in [0.1, 0.15) is 19.0 Å². The van der Waals surface area contributed by atoms with Gasteiger partial charge in [-0.15, -0.1) is 0 Å². The molecule has 1 aromatic carbocycles. The highest BCUT2D eigenvalue weighted by atomic mass is 19.4. The summed E-state index contributed by atoms with van der Waals surface area (Å²) in [5, 5.41) is 8.88. The van der Waals surface area contributed by atoms with E-state index in [4.69, 9.17) is 9.84 Å². The number of rotatable bonds is 6. The van der Waals surface area contributed by atoms with Crippen LogP contribution in [-0.4, -0.2) is 37.1 Å². The summed E-state index contributed by atoms with van der Waals surface area (Å²) in [6, 6.07) is 4.47. The SMILES string of the molecule is Cc1c(OCCOCC(F)(F)F)cccc1C(=O)O. The van der Waals surface area contributed by atoms with Crippen molar-refractivity contribution in [3.63, 3.8) is 0 Å². The minimum absolute atomic E-state index is 0.0833. The van der Waals surface area contributed by atoms with E-state index in [0.29, 0.717) is 11.3 Å². The van der Waals surface area contributed by atoms with Crippen LogP contribution in [0.15, 0.2) is 18.2 Å². The summed E-state index contributed by atoms with van der Waals surface area (Å²) in [7, 11) is 0. The van der Waals surface area contributed by atoms with Gasteiger partial charge in [0.25, 0.3) is 0 Å². The smallest absolute Gasteiger partial charge is 0.411 e. The molecule has 0 saturated carbocycles.